The SMILES string of the molecule is COc1cc2c(cc1OCCCC(=O)Nc1cc(C(=O)Nc3ccc(-c4cc(C(=O)NCCCC(C)C)n(C)c4)cc3)n(C)c1)N=CC1CCCN1C2=O. The average molecular weight is 736 g/mol. The summed E-state index contributed by atoms with van der Waals surface area (Å²) in [5.41, 5.74) is 4.92. The molecule has 13 nitrogen and oxygen atoms in total. The van der Waals surface area contributed by atoms with E-state index in [-0.39, 0.29) is 42.7 Å². The predicted octanol–water partition coefficient (Wildman–Crippen LogP) is 6.58. The Morgan fingerprint density at radius 1 is 0.889 bits per heavy atom. The van der Waals surface area contributed by atoms with Crippen LogP contribution in [-0.2, 0) is 18.9 Å². The summed E-state index contributed by atoms with van der Waals surface area (Å²) >= 11 is 0. The molecule has 2 aromatic heterocycles. The lowest BCUT2D eigenvalue weighted by atomic mass is 10.1. The molecule has 13 heteroatoms. The van der Waals surface area contributed by atoms with Crippen molar-refractivity contribution in [3.05, 3.63) is 77.9 Å². The average Bonchev–Trinajstić information content (AvgIpc) is 3.87. The van der Waals surface area contributed by atoms with Crippen molar-refractivity contribution in [2.45, 2.75) is 58.4 Å². The van der Waals surface area contributed by atoms with E-state index in [9.17, 15) is 19.2 Å². The molecule has 0 saturated carbocycles. The molecular weight excluding hydrogens is 686 g/mol. The first-order valence-corrected chi connectivity index (χ1v) is 18.5. The number of ether oxygens (including phenoxy) is 2. The van der Waals surface area contributed by atoms with Crippen LogP contribution in [0.1, 0.15) is 83.7 Å². The number of amides is 4. The lowest BCUT2D eigenvalue weighted by Crippen LogP contribution is -2.35. The number of carbonyl (C=O) groups is 4. The maximum Gasteiger partial charge on any atom is 0.272 e. The molecule has 284 valence electrons. The molecule has 1 fully saturated rings. The number of nitrogens with one attached hydrogen (secondary N) is 3. The standard InChI is InChI=1S/C41H49N7O6/c1-26(2)9-6-16-42-39(50)34-19-28(24-46(34)3)27-12-14-29(15-13-27)45-40(51)35-20-30(25-47(35)4)44-38(49)11-8-18-54-37-22-33-32(21-36(37)53-5)41(52)48-17-7-10-31(48)23-43-33/h12-15,19-26,31H,6-11,16-18H2,1-5H3,(H,42,50)(H,44,49)(H,45,51). The van der Waals surface area contributed by atoms with Gasteiger partial charge in [0.2, 0.25) is 5.91 Å². The molecule has 2 aromatic carbocycles. The van der Waals surface area contributed by atoms with Crippen molar-refractivity contribution in [3.63, 3.8) is 0 Å². The van der Waals surface area contributed by atoms with Crippen LogP contribution in [0.4, 0.5) is 17.1 Å². The van der Waals surface area contributed by atoms with Gasteiger partial charge in [-0.1, -0.05) is 26.0 Å². The van der Waals surface area contributed by atoms with Crippen LogP contribution in [-0.4, -0.2) is 76.7 Å². The van der Waals surface area contributed by atoms with E-state index < -0.39 is 0 Å². The molecule has 1 saturated heterocycles. The molecule has 4 aromatic rings. The van der Waals surface area contributed by atoms with Crippen LogP contribution in [0, 0.1) is 5.92 Å². The summed E-state index contributed by atoms with van der Waals surface area (Å²) in [6, 6.07) is 14.3. The molecule has 2 aliphatic heterocycles. The zero-order chi connectivity index (χ0) is 38.4. The summed E-state index contributed by atoms with van der Waals surface area (Å²) in [4.78, 5) is 58.2. The van der Waals surface area contributed by atoms with Gasteiger partial charge in [-0.05, 0) is 73.9 Å². The van der Waals surface area contributed by atoms with Crippen LogP contribution in [0.15, 0.2) is 65.9 Å². The number of hydrogen-bond acceptors (Lipinski definition) is 7. The number of rotatable bonds is 15. The van der Waals surface area contributed by atoms with Crippen molar-refractivity contribution in [3.8, 4) is 22.6 Å². The number of methoxy groups -OCH3 is 1. The number of anilines is 2. The van der Waals surface area contributed by atoms with E-state index >= 15 is 0 Å². The first-order valence-electron chi connectivity index (χ1n) is 18.5. The Balaban J connectivity index is 0.978. The summed E-state index contributed by atoms with van der Waals surface area (Å²) in [7, 11) is 5.12. The normalized spacial score (nSPS) is 14.7. The maximum atomic E-state index is 13.2. The van der Waals surface area contributed by atoms with Gasteiger partial charge in [-0.15, -0.1) is 0 Å². The molecule has 4 heterocycles. The first kappa shape index (κ1) is 37.9. The second-order valence-electron chi connectivity index (χ2n) is 14.3. The Bertz CT molecular complexity index is 2040. The van der Waals surface area contributed by atoms with E-state index in [1.807, 2.05) is 59.3 Å². The zero-order valence-corrected chi connectivity index (χ0v) is 31.6. The van der Waals surface area contributed by atoms with Gasteiger partial charge in [0.05, 0.1) is 36.7 Å². The Morgan fingerprint density at radius 2 is 1.65 bits per heavy atom. The number of carbonyl (C=O) groups excluding carboxylic acids is 4. The third-order valence-electron chi connectivity index (χ3n) is 9.74. The van der Waals surface area contributed by atoms with Gasteiger partial charge >= 0.3 is 0 Å². The third kappa shape index (κ3) is 8.84. The van der Waals surface area contributed by atoms with Crippen molar-refractivity contribution in [1.82, 2.24) is 19.4 Å². The fourth-order valence-corrected chi connectivity index (χ4v) is 6.81. The van der Waals surface area contributed by atoms with E-state index in [0.29, 0.717) is 70.9 Å². The van der Waals surface area contributed by atoms with Gasteiger partial charge < -0.3 is 39.5 Å². The summed E-state index contributed by atoms with van der Waals surface area (Å²) < 4.78 is 15.0. The molecule has 0 bridgehead atoms. The van der Waals surface area contributed by atoms with E-state index in [4.69, 9.17) is 9.47 Å². The van der Waals surface area contributed by atoms with Crippen LogP contribution in [0.5, 0.6) is 11.5 Å². The molecule has 2 aliphatic rings. The molecule has 0 aliphatic carbocycles. The van der Waals surface area contributed by atoms with Gasteiger partial charge in [0.1, 0.15) is 11.4 Å². The number of hydrogen-bond donors (Lipinski definition) is 3. The second-order valence-corrected chi connectivity index (χ2v) is 14.3. The monoisotopic (exact) mass is 735 g/mol. The van der Waals surface area contributed by atoms with Crippen LogP contribution >= 0.6 is 0 Å². The summed E-state index contributed by atoms with van der Waals surface area (Å²) in [5.74, 6) is 0.794. The predicted molar refractivity (Wildman–Crippen MR) is 209 cm³/mol. The number of aromatic nitrogens is 2. The van der Waals surface area contributed by atoms with Crippen molar-refractivity contribution in [1.29, 1.82) is 0 Å². The molecule has 0 radical (unpaired) electrons. The van der Waals surface area contributed by atoms with Gasteiger partial charge in [-0.25, -0.2) is 0 Å². The van der Waals surface area contributed by atoms with Crippen molar-refractivity contribution < 1.29 is 28.7 Å². The smallest absolute Gasteiger partial charge is 0.272 e. The van der Waals surface area contributed by atoms with Crippen LogP contribution in [0.2, 0.25) is 0 Å². The minimum Gasteiger partial charge on any atom is -0.493 e. The summed E-state index contributed by atoms with van der Waals surface area (Å²) in [6.45, 7) is 5.94. The van der Waals surface area contributed by atoms with Gasteiger partial charge in [0.15, 0.2) is 11.5 Å². The van der Waals surface area contributed by atoms with Crippen molar-refractivity contribution >= 4 is 46.9 Å². The number of benzene rings is 2. The molecule has 4 amide bonds. The number of aryl methyl sites for hydroxylation is 2. The third-order valence-corrected chi connectivity index (χ3v) is 9.74. The highest BCUT2D eigenvalue weighted by Crippen LogP contribution is 2.38. The van der Waals surface area contributed by atoms with Crippen LogP contribution in [0.3, 0.4) is 0 Å². The number of aliphatic imine (C=N–C) groups is 1. The van der Waals surface area contributed by atoms with E-state index in [1.54, 1.807) is 36.0 Å². The van der Waals surface area contributed by atoms with Gasteiger partial charge in [0.25, 0.3) is 17.7 Å². The molecule has 1 atom stereocenters. The topological polar surface area (TPSA) is 148 Å². The highest BCUT2D eigenvalue weighted by Gasteiger charge is 2.32. The van der Waals surface area contributed by atoms with Crippen LogP contribution < -0.4 is 25.4 Å². The van der Waals surface area contributed by atoms with E-state index in [2.05, 4.69) is 34.8 Å². The van der Waals surface area contributed by atoms with Crippen molar-refractivity contribution in [2.24, 2.45) is 25.0 Å². The molecule has 54 heavy (non-hydrogen) atoms. The molecule has 6 rings (SSSR count). The van der Waals surface area contributed by atoms with Crippen LogP contribution in [0.25, 0.3) is 11.1 Å². The van der Waals surface area contributed by atoms with E-state index in [1.165, 1.54) is 7.11 Å². The largest absolute Gasteiger partial charge is 0.493 e. The van der Waals surface area contributed by atoms with E-state index in [0.717, 1.165) is 36.8 Å². The highest BCUT2D eigenvalue weighted by atomic mass is 16.5. The Hall–Kier alpha value is -5.85. The highest BCUT2D eigenvalue weighted by molar-refractivity contribution is 6.05. The Kier molecular flexibility index (Phi) is 11.8. The zero-order valence-electron chi connectivity index (χ0n) is 31.6. The second kappa shape index (κ2) is 16.9. The first-order chi connectivity index (χ1) is 26.0. The van der Waals surface area contributed by atoms with Gasteiger partial charge in [-0.3, -0.25) is 24.2 Å². The maximum absolute atomic E-state index is 13.2. The van der Waals surface area contributed by atoms with Crippen molar-refractivity contribution in [2.75, 3.05) is 37.4 Å². The minimum absolute atomic E-state index is 0.00774. The lowest BCUT2D eigenvalue weighted by molar-refractivity contribution is -0.116. The number of fused-ring (bicyclic) bond motifs is 2. The Morgan fingerprint density at radius 3 is 2.41 bits per heavy atom. The van der Waals surface area contributed by atoms with Gasteiger partial charge in [-0.2, -0.15) is 0 Å². The Labute approximate surface area is 315 Å². The van der Waals surface area contributed by atoms with Gasteiger partial charge in [0, 0.05) is 69.5 Å². The number of nitrogens with zero attached hydrogens (tertiary/aromatic N) is 4. The molecular formula is C41H49N7O6. The quantitative estimate of drug-likeness (QED) is 0.118. The lowest BCUT2D eigenvalue weighted by Gasteiger charge is -2.20. The molecule has 3 N–H and O–H groups in total. The summed E-state index contributed by atoms with van der Waals surface area (Å²) in [5, 5.41) is 8.79. The fourth-order valence-electron chi connectivity index (χ4n) is 6.81. The fraction of sp³-hybridized carbons (Fsp3) is 0.390. The summed E-state index contributed by atoms with van der Waals surface area (Å²) in [6.07, 6.45) is 9.92. The minimum atomic E-state index is -0.323. The molecule has 0 spiro atoms. The molecule has 1 unspecified atom stereocenters.